The van der Waals surface area contributed by atoms with Crippen LogP contribution in [0.15, 0.2) is 0 Å². The van der Waals surface area contributed by atoms with Crippen LogP contribution in [0.4, 0.5) is 4.79 Å². The number of piperidine rings is 1. The molecule has 2 rings (SSSR count). The van der Waals surface area contributed by atoms with Crippen LogP contribution < -0.4 is 0 Å². The second-order valence-electron chi connectivity index (χ2n) is 8.66. The molecular weight excluding hydrogens is 304 g/mol. The van der Waals surface area contributed by atoms with Crippen molar-refractivity contribution in [3.05, 3.63) is 0 Å². The lowest BCUT2D eigenvalue weighted by Gasteiger charge is -2.47. The van der Waals surface area contributed by atoms with E-state index in [1.807, 2.05) is 25.7 Å². The van der Waals surface area contributed by atoms with E-state index in [1.54, 1.807) is 0 Å². The summed E-state index contributed by atoms with van der Waals surface area (Å²) in [7, 11) is 0. The summed E-state index contributed by atoms with van der Waals surface area (Å²) in [6.07, 6.45) is 5.87. The zero-order chi connectivity index (χ0) is 17.9. The molecule has 1 saturated heterocycles. The maximum absolute atomic E-state index is 12.2. The number of hydrogen-bond donors (Lipinski definition) is 1. The molecule has 0 unspecified atom stereocenters. The van der Waals surface area contributed by atoms with E-state index in [1.165, 1.54) is 6.42 Å². The number of nitrogens with zero attached hydrogens (tertiary/aromatic N) is 2. The Kier molecular flexibility index (Phi) is 6.54. The van der Waals surface area contributed by atoms with Crippen LogP contribution >= 0.6 is 0 Å². The van der Waals surface area contributed by atoms with E-state index in [2.05, 4.69) is 18.7 Å². The number of aliphatic hydroxyl groups is 1. The number of carbonyl (C=O) groups is 1. The van der Waals surface area contributed by atoms with Gasteiger partial charge in [-0.2, -0.15) is 0 Å². The highest BCUT2D eigenvalue weighted by atomic mass is 16.6. The van der Waals surface area contributed by atoms with Gasteiger partial charge in [-0.05, 0) is 60.3 Å². The van der Waals surface area contributed by atoms with Gasteiger partial charge < -0.3 is 14.7 Å². The average molecular weight is 341 g/mol. The van der Waals surface area contributed by atoms with Gasteiger partial charge in [-0.1, -0.05) is 12.8 Å². The molecule has 1 heterocycles. The van der Waals surface area contributed by atoms with Gasteiger partial charge in [0.2, 0.25) is 0 Å². The molecule has 1 amide bonds. The Bertz CT molecular complexity index is 411. The molecule has 2 aliphatic rings. The summed E-state index contributed by atoms with van der Waals surface area (Å²) < 4.78 is 5.49. The van der Waals surface area contributed by atoms with Crippen molar-refractivity contribution < 1.29 is 14.6 Å². The standard InChI is InChI=1S/C19H36N2O3/c1-14(2)21(16-8-6-7-9-17(16)22)15-10-12-20(13-11-15)18(23)24-19(3,4)5/h14-17,22H,6-13H2,1-5H3/t16-,17-/m0/s1. The van der Waals surface area contributed by atoms with Crippen molar-refractivity contribution >= 4 is 6.09 Å². The zero-order valence-corrected chi connectivity index (χ0v) is 16.1. The Balaban J connectivity index is 1.94. The molecule has 0 aromatic carbocycles. The summed E-state index contributed by atoms with van der Waals surface area (Å²) in [6.45, 7) is 11.6. The van der Waals surface area contributed by atoms with Gasteiger partial charge in [-0.25, -0.2) is 4.79 Å². The van der Waals surface area contributed by atoms with Gasteiger partial charge in [0.1, 0.15) is 5.60 Å². The Morgan fingerprint density at radius 3 is 2.21 bits per heavy atom. The number of hydrogen-bond acceptors (Lipinski definition) is 4. The van der Waals surface area contributed by atoms with Crippen LogP contribution in [0, 0.1) is 0 Å². The number of ether oxygens (including phenoxy) is 1. The first kappa shape index (κ1) is 19.5. The van der Waals surface area contributed by atoms with Crippen molar-refractivity contribution in [2.24, 2.45) is 0 Å². The monoisotopic (exact) mass is 340 g/mol. The van der Waals surface area contributed by atoms with Crippen molar-refractivity contribution in [2.45, 2.75) is 103 Å². The summed E-state index contributed by atoms with van der Waals surface area (Å²) in [5.41, 5.74) is -0.440. The van der Waals surface area contributed by atoms with Crippen LogP contribution in [0.5, 0.6) is 0 Å². The molecule has 5 nitrogen and oxygen atoms in total. The highest BCUT2D eigenvalue weighted by Crippen LogP contribution is 2.30. The molecule has 0 aromatic heterocycles. The van der Waals surface area contributed by atoms with Crippen molar-refractivity contribution in [3.63, 3.8) is 0 Å². The number of amides is 1. The Morgan fingerprint density at radius 1 is 1.12 bits per heavy atom. The molecule has 0 bridgehead atoms. The van der Waals surface area contributed by atoms with Crippen LogP contribution in [0.25, 0.3) is 0 Å². The van der Waals surface area contributed by atoms with Gasteiger partial charge in [0.05, 0.1) is 6.10 Å². The molecule has 0 aromatic rings. The Morgan fingerprint density at radius 2 is 1.71 bits per heavy atom. The first-order valence-electron chi connectivity index (χ1n) is 9.62. The fourth-order valence-corrected chi connectivity index (χ4v) is 4.19. The second-order valence-corrected chi connectivity index (χ2v) is 8.66. The van der Waals surface area contributed by atoms with E-state index in [0.717, 1.165) is 45.2 Å². The van der Waals surface area contributed by atoms with Gasteiger partial charge in [0.15, 0.2) is 0 Å². The minimum atomic E-state index is -0.440. The zero-order valence-electron chi connectivity index (χ0n) is 16.1. The van der Waals surface area contributed by atoms with Crippen LogP contribution in [-0.4, -0.2) is 63.9 Å². The van der Waals surface area contributed by atoms with E-state index >= 15 is 0 Å². The molecule has 1 saturated carbocycles. The van der Waals surface area contributed by atoms with Crippen molar-refractivity contribution in [1.82, 2.24) is 9.80 Å². The number of rotatable bonds is 3. The van der Waals surface area contributed by atoms with E-state index in [9.17, 15) is 9.90 Å². The predicted molar refractivity (Wildman–Crippen MR) is 96.1 cm³/mol. The number of likely N-dealkylation sites (tertiary alicyclic amines) is 1. The highest BCUT2D eigenvalue weighted by molar-refractivity contribution is 5.68. The fraction of sp³-hybridized carbons (Fsp3) is 0.947. The van der Waals surface area contributed by atoms with Gasteiger partial charge in [-0.15, -0.1) is 0 Å². The Hall–Kier alpha value is -0.810. The quantitative estimate of drug-likeness (QED) is 0.855. The molecule has 0 spiro atoms. The molecule has 1 aliphatic heterocycles. The molecule has 2 atom stereocenters. The molecule has 1 aliphatic carbocycles. The van der Waals surface area contributed by atoms with Gasteiger partial charge >= 0.3 is 6.09 Å². The van der Waals surface area contributed by atoms with Gasteiger partial charge in [-0.3, -0.25) is 4.90 Å². The molecule has 1 N–H and O–H groups in total. The smallest absolute Gasteiger partial charge is 0.410 e. The summed E-state index contributed by atoms with van der Waals surface area (Å²) in [6, 6.07) is 1.14. The van der Waals surface area contributed by atoms with E-state index in [4.69, 9.17) is 4.74 Å². The van der Waals surface area contributed by atoms with Crippen LogP contribution in [0.1, 0.15) is 73.1 Å². The Labute approximate surface area is 147 Å². The average Bonchev–Trinajstić information content (AvgIpc) is 2.48. The van der Waals surface area contributed by atoms with E-state index < -0.39 is 5.60 Å². The van der Waals surface area contributed by atoms with Gasteiger partial charge in [0.25, 0.3) is 0 Å². The maximum Gasteiger partial charge on any atom is 0.410 e. The predicted octanol–water partition coefficient (Wildman–Crippen LogP) is 3.40. The maximum atomic E-state index is 12.2. The normalized spacial score (nSPS) is 26.9. The van der Waals surface area contributed by atoms with E-state index in [-0.39, 0.29) is 18.2 Å². The fourth-order valence-electron chi connectivity index (χ4n) is 4.19. The first-order valence-corrected chi connectivity index (χ1v) is 9.62. The van der Waals surface area contributed by atoms with Crippen LogP contribution in [0.3, 0.4) is 0 Å². The molecule has 5 heteroatoms. The summed E-state index contributed by atoms with van der Waals surface area (Å²) in [4.78, 5) is 16.6. The third kappa shape index (κ3) is 5.09. The highest BCUT2D eigenvalue weighted by Gasteiger charge is 2.37. The summed E-state index contributed by atoms with van der Waals surface area (Å²) >= 11 is 0. The lowest BCUT2D eigenvalue weighted by atomic mass is 9.88. The number of aliphatic hydroxyl groups excluding tert-OH is 1. The molecular formula is C19H36N2O3. The topological polar surface area (TPSA) is 53.0 Å². The van der Waals surface area contributed by atoms with Gasteiger partial charge in [0, 0.05) is 31.2 Å². The van der Waals surface area contributed by atoms with Crippen LogP contribution in [-0.2, 0) is 4.74 Å². The van der Waals surface area contributed by atoms with Crippen molar-refractivity contribution in [3.8, 4) is 0 Å². The third-order valence-electron chi connectivity index (χ3n) is 5.21. The molecule has 24 heavy (non-hydrogen) atoms. The third-order valence-corrected chi connectivity index (χ3v) is 5.21. The second kappa shape index (κ2) is 8.05. The van der Waals surface area contributed by atoms with E-state index in [0.29, 0.717) is 12.1 Å². The van der Waals surface area contributed by atoms with Crippen molar-refractivity contribution in [2.75, 3.05) is 13.1 Å². The first-order chi connectivity index (χ1) is 11.2. The number of carbonyl (C=O) groups excluding carboxylic acids is 1. The largest absolute Gasteiger partial charge is 0.444 e. The summed E-state index contributed by atoms with van der Waals surface area (Å²) in [5.74, 6) is 0. The molecule has 0 radical (unpaired) electrons. The molecule has 2 fully saturated rings. The molecule has 140 valence electrons. The lowest BCUT2D eigenvalue weighted by Crippen LogP contribution is -2.56. The lowest BCUT2D eigenvalue weighted by molar-refractivity contribution is -0.0365. The minimum Gasteiger partial charge on any atom is -0.444 e. The van der Waals surface area contributed by atoms with Crippen molar-refractivity contribution in [1.29, 1.82) is 0 Å². The SMILES string of the molecule is CC(C)N(C1CCN(C(=O)OC(C)(C)C)CC1)[C@H]1CCCC[C@@H]1O. The minimum absolute atomic E-state index is 0.199. The van der Waals surface area contributed by atoms with Crippen LogP contribution in [0.2, 0.25) is 0 Å². The summed E-state index contributed by atoms with van der Waals surface area (Å²) in [5, 5.41) is 10.5.